The minimum absolute atomic E-state index is 0.264. The molecule has 0 aromatic rings. The maximum Gasteiger partial charge on any atom is 0.225 e. The molecule has 140 heavy (non-hydrogen) atoms. The van der Waals surface area contributed by atoms with Crippen LogP contribution in [0.2, 0.25) is 0 Å². The van der Waals surface area contributed by atoms with Gasteiger partial charge in [0.15, 0.2) is 0 Å². The van der Waals surface area contributed by atoms with Gasteiger partial charge < -0.3 is 48.8 Å². The normalized spacial score (nSPS) is 27.3. The molecule has 17 aliphatic rings. The van der Waals surface area contributed by atoms with Crippen LogP contribution in [0.4, 0.5) is 0 Å². The van der Waals surface area contributed by atoms with E-state index in [0.717, 1.165) is 155 Å². The summed E-state index contributed by atoms with van der Waals surface area (Å²) in [6.07, 6.45) is 39.6. The first-order valence-electron chi connectivity index (χ1n) is 60.1. The summed E-state index contributed by atoms with van der Waals surface area (Å²) in [4.78, 5) is 65.4. The Balaban J connectivity index is 0.000000268. The second-order valence-corrected chi connectivity index (χ2v) is 52.3. The highest BCUT2D eigenvalue weighted by molar-refractivity contribution is 5.78. The van der Waals surface area contributed by atoms with Crippen molar-refractivity contribution < 1.29 is 14.3 Å². The summed E-state index contributed by atoms with van der Waals surface area (Å²) in [5.41, 5.74) is 1.01. The van der Waals surface area contributed by atoms with E-state index in [9.17, 15) is 9.59 Å². The topological polar surface area (TPSA) is 98.4 Å². The van der Waals surface area contributed by atoms with Crippen LogP contribution in [0.25, 0.3) is 0 Å². The van der Waals surface area contributed by atoms with Crippen molar-refractivity contribution in [3.05, 3.63) is 0 Å². The van der Waals surface area contributed by atoms with Crippen LogP contribution in [-0.2, 0) is 14.3 Å². The van der Waals surface area contributed by atoms with Gasteiger partial charge in [-0.05, 0) is 485 Å². The number of fused-ring (bicyclic) bond motifs is 5. The molecule has 0 radical (unpaired) electrons. The summed E-state index contributed by atoms with van der Waals surface area (Å²) in [6.45, 7) is 112. The summed E-state index contributed by atoms with van der Waals surface area (Å²) >= 11 is 0. The van der Waals surface area contributed by atoms with Gasteiger partial charge in [-0.2, -0.15) is 0 Å². The third-order valence-electron chi connectivity index (χ3n) is 35.0. The zero-order chi connectivity index (χ0) is 104. The third-order valence-corrected chi connectivity index (χ3v) is 35.0. The molecular weight excluding hydrogens is 1730 g/mol. The first-order valence-corrected chi connectivity index (χ1v) is 60.1. The van der Waals surface area contributed by atoms with E-state index in [1.807, 2.05) is 14.1 Å². The predicted molar refractivity (Wildman–Crippen MR) is 609 cm³/mol. The monoisotopic (exact) mass is 1970 g/mol. The number of ketones is 1. The molecule has 0 N–H and O–H groups in total. The largest absolute Gasteiger partial charge is 0.372 e. The lowest BCUT2D eigenvalue weighted by Crippen LogP contribution is -2.52. The van der Waals surface area contributed by atoms with E-state index in [2.05, 4.69) is 307 Å². The van der Waals surface area contributed by atoms with Crippen LogP contribution in [0.5, 0.6) is 0 Å². The molecule has 4 bridgehead atoms. The number of morpholine rings is 1. The fourth-order valence-corrected chi connectivity index (χ4v) is 24.5. The Morgan fingerprint density at radius 1 is 0.307 bits per heavy atom. The Labute approximate surface area is 872 Å². The van der Waals surface area contributed by atoms with Crippen LogP contribution < -0.4 is 0 Å². The quantitative estimate of drug-likeness (QED) is 0.165. The highest BCUT2D eigenvalue weighted by Crippen LogP contribution is 2.40. The zero-order valence-electron chi connectivity index (χ0n) is 100. The van der Waals surface area contributed by atoms with Gasteiger partial charge in [-0.1, -0.05) is 39.5 Å². The first kappa shape index (κ1) is 129. The Kier molecular flexibility index (Phi) is 61.7. The van der Waals surface area contributed by atoms with Gasteiger partial charge in [0.05, 0.1) is 12.2 Å². The van der Waals surface area contributed by atoms with Gasteiger partial charge in [-0.3, -0.25) is 48.8 Å². The highest BCUT2D eigenvalue weighted by atomic mass is 16.5. The lowest BCUT2D eigenvalue weighted by Gasteiger charge is -2.41. The van der Waals surface area contributed by atoms with Crippen molar-refractivity contribution in [1.82, 2.24) is 83.3 Å². The minimum atomic E-state index is 0.264. The SMILES string of the molecule is CC(=O)C1CCN(C(C)(C)C)CC1.CC(C)N1C2CCCC1CC2.CC(C)N1CC2CCC(C1)O2.CC(C)N1CC2CCCC2C1.CC(C)N1CCC(C(=O)N(C)C)CC1.CC(C)N1CCCC1.CC(C)N1CCCCC1.CC(C)N1CCCCC1.CC(C)N1CCN(C2CC2)CC1.CC1CCCN1C(C)(C)C.CC1CCN(C(C)C)CC1.CCN1CCN(C(C)C)CC1.CN1CCN(C(C)(C)C)CC1. The summed E-state index contributed by atoms with van der Waals surface area (Å²) in [5.74, 6) is 4.37. The zero-order valence-corrected chi connectivity index (χ0v) is 100. The van der Waals surface area contributed by atoms with Crippen molar-refractivity contribution in [3.63, 3.8) is 0 Å². The molecule has 15 aliphatic heterocycles. The number of likely N-dealkylation sites (tertiary alicyclic amines) is 9. The lowest BCUT2D eigenvalue weighted by atomic mass is 9.90. The van der Waals surface area contributed by atoms with Crippen molar-refractivity contribution in [2.24, 2.45) is 29.6 Å². The number of rotatable bonds is 14. The number of likely N-dealkylation sites (N-methyl/N-ethyl adjacent to an activating group) is 2. The molecule has 1 amide bonds. The highest BCUT2D eigenvalue weighted by Gasteiger charge is 2.41. The first-order chi connectivity index (χ1) is 65.9. The van der Waals surface area contributed by atoms with Crippen LogP contribution in [0, 0.1) is 29.6 Å². The third kappa shape index (κ3) is 49.7. The average Bonchev–Trinajstić information content (AvgIpc) is 1.66. The Hall–Kier alpha value is -1.54. The number of nitrogens with zero attached hydrogens (tertiary/aromatic N) is 17. The molecule has 17 rings (SSSR count). The average molecular weight is 1970 g/mol. The molecule has 17 fully saturated rings. The van der Waals surface area contributed by atoms with Crippen molar-refractivity contribution in [2.75, 3.05) is 217 Å². The smallest absolute Gasteiger partial charge is 0.225 e. The number of amides is 1. The van der Waals surface area contributed by atoms with Gasteiger partial charge in [0.2, 0.25) is 5.91 Å². The molecule has 0 aromatic carbocycles. The van der Waals surface area contributed by atoms with Gasteiger partial charge in [0, 0.05) is 232 Å². The van der Waals surface area contributed by atoms with Crippen molar-refractivity contribution in [1.29, 1.82) is 0 Å². The van der Waals surface area contributed by atoms with Crippen LogP contribution in [0.15, 0.2) is 0 Å². The summed E-state index contributed by atoms with van der Waals surface area (Å²) < 4.78 is 5.74. The van der Waals surface area contributed by atoms with Crippen LogP contribution in [0.3, 0.4) is 0 Å². The number of ether oxygens (including phenoxy) is 1. The number of piperazine rings is 3. The minimum Gasteiger partial charge on any atom is -0.372 e. The van der Waals surface area contributed by atoms with Crippen LogP contribution in [-0.4, -0.2) is 426 Å². The van der Waals surface area contributed by atoms with Gasteiger partial charge in [-0.25, -0.2) is 0 Å². The maximum absolute atomic E-state index is 11.7. The molecular formula is C120H245N17O3. The second kappa shape index (κ2) is 67.0. The van der Waals surface area contributed by atoms with E-state index in [1.165, 1.54) is 311 Å². The van der Waals surface area contributed by atoms with Crippen LogP contribution in [0.1, 0.15) is 408 Å². The van der Waals surface area contributed by atoms with E-state index in [4.69, 9.17) is 4.74 Å². The maximum atomic E-state index is 11.7. The molecule has 828 valence electrons. The molecule has 0 spiro atoms. The standard InChI is InChI=1S/C11H22N2O.C11H21NO.C10H20N2.2C10H19N.2C9H20N2.C9H17NO.2C9H19N.2C8H17N.C7H15N/c1-9(2)13-7-5-10(6-8-13)11(14)12(3)4;1-9(13)10-5-7-12(8-6-10)11(2,3)4;1-9(2)11-5-7-12(8-6-11)10-3-4-10;1-8(2)11-6-9-4-3-5-10(9)7-11;1-8(2)11-9-4-3-5-10(11)7-6-9;1-9(2,3)11-7-5-10(4)6-8-11;1-4-10-5-7-11(8-6-10)9(2)3;1-7(2)10-5-8-3-4-9(6-10)11-8;1-8-6-5-7-10(8)9(2,3)4;1-8(2)10-6-4-9(3)5-7-10;2*1-8(2)9-6-4-3-5-7-9;1-7(2)8-5-3-4-6-8/h9-10H,5-8H2,1-4H3;10H,5-8H2,1-4H3;9-10H,3-8H2,1-2H3;2*8-10H,3-7H2,1-2H3;5-8H2,1-4H3;9H,4-8H2,1-3H3;7-9H,3-6H2,1-2H3;8H,5-7H2,1-4H3;8-9H,4-7H2,1-3H3;2*8H,3-7H2,1-2H3;7H,3-6H2,1-2H3. The Morgan fingerprint density at radius 3 is 0.957 bits per heavy atom. The molecule has 2 aliphatic carbocycles. The van der Waals surface area contributed by atoms with E-state index in [1.54, 1.807) is 11.8 Å². The summed E-state index contributed by atoms with van der Waals surface area (Å²) in [5, 5.41) is 0. The molecule has 7 atom stereocenters. The van der Waals surface area contributed by atoms with E-state index >= 15 is 0 Å². The molecule has 2 saturated carbocycles. The second-order valence-electron chi connectivity index (χ2n) is 52.3. The van der Waals surface area contributed by atoms with Gasteiger partial charge >= 0.3 is 0 Å². The molecule has 15 saturated heterocycles. The number of hydrogen-bond acceptors (Lipinski definition) is 19. The fraction of sp³-hybridized carbons (Fsp3) is 0.983. The number of carbonyl (C=O) groups excluding carboxylic acids is 2. The van der Waals surface area contributed by atoms with Crippen LogP contribution >= 0.6 is 0 Å². The fourth-order valence-electron chi connectivity index (χ4n) is 24.5. The number of hydrogen-bond donors (Lipinski definition) is 0. The van der Waals surface area contributed by atoms with Gasteiger partial charge in [0.1, 0.15) is 5.78 Å². The summed E-state index contributed by atoms with van der Waals surface area (Å²) in [7, 11) is 5.88. The van der Waals surface area contributed by atoms with Crippen molar-refractivity contribution in [3.8, 4) is 0 Å². The van der Waals surface area contributed by atoms with Gasteiger partial charge in [0.25, 0.3) is 0 Å². The lowest BCUT2D eigenvalue weighted by molar-refractivity contribution is -0.134. The number of carbonyl (C=O) groups is 2. The number of piperidine rings is 6. The molecule has 15 heterocycles. The van der Waals surface area contributed by atoms with E-state index in [-0.39, 0.29) is 11.5 Å². The van der Waals surface area contributed by atoms with Gasteiger partial charge in [-0.15, -0.1) is 0 Å². The van der Waals surface area contributed by atoms with Crippen molar-refractivity contribution in [2.45, 2.75) is 522 Å². The molecule has 7 unspecified atom stereocenters. The Morgan fingerprint density at radius 2 is 0.643 bits per heavy atom. The van der Waals surface area contributed by atoms with E-state index < -0.39 is 0 Å². The van der Waals surface area contributed by atoms with E-state index in [0.29, 0.717) is 53.0 Å². The molecule has 20 heteroatoms. The molecule has 0 aromatic heterocycles. The van der Waals surface area contributed by atoms with Crippen molar-refractivity contribution >= 4 is 11.7 Å². The molecule has 20 nitrogen and oxygen atoms in total. The predicted octanol–water partition coefficient (Wildman–Crippen LogP) is 22.0. The number of Topliss-reactive ketones (excluding diaryl/α,β-unsaturated/α-hetero) is 1. The Bertz CT molecular complexity index is 3010. The summed E-state index contributed by atoms with van der Waals surface area (Å²) in [6, 6.07) is 11.1.